The van der Waals surface area contributed by atoms with Crippen LogP contribution in [0.1, 0.15) is 106 Å². The Labute approximate surface area is 207 Å². The zero-order valence-corrected chi connectivity index (χ0v) is 22.5. The van der Waals surface area contributed by atoms with Crippen LogP contribution in [0.5, 0.6) is 0 Å². The van der Waals surface area contributed by atoms with Crippen LogP contribution in [-0.2, 0) is 19.1 Å². The molecule has 5 rings (SSSR count). The van der Waals surface area contributed by atoms with E-state index >= 15 is 0 Å². The lowest BCUT2D eigenvalue weighted by Crippen LogP contribution is -2.44. The van der Waals surface area contributed by atoms with E-state index in [1.165, 1.54) is 25.7 Å². The van der Waals surface area contributed by atoms with E-state index in [2.05, 4.69) is 41.5 Å². The number of carbonyl (C=O) groups is 2. The number of carbonyl (C=O) groups excluding carboxylic acids is 2. The van der Waals surface area contributed by atoms with Crippen LogP contribution >= 0.6 is 0 Å². The average molecular weight is 473 g/mol. The molecule has 192 valence electrons. The van der Waals surface area contributed by atoms with E-state index in [0.29, 0.717) is 35.5 Å². The molecule has 0 aliphatic heterocycles. The SMILES string of the molecule is CCC1(OC(=O)C2CC3CC2C2C4CC(CC4OC(=O)C(CC(C)(C)C)C(C)C)C32)CCCC1. The standard InChI is InChI=1S/C30H48O4/c1-7-30(10-8-9-11-30)34-28(32)21-13-18-12-20(21)26-22-14-19(25(18)26)15-24(22)33-27(31)23(17(2)3)16-29(4,5)6/h17-26H,7-16H2,1-6H3. The van der Waals surface area contributed by atoms with Crippen LogP contribution in [0.3, 0.4) is 0 Å². The lowest BCUT2D eigenvalue weighted by Gasteiger charge is -2.41. The number of esters is 2. The van der Waals surface area contributed by atoms with Gasteiger partial charge in [-0.25, -0.2) is 0 Å². The van der Waals surface area contributed by atoms with Gasteiger partial charge in [-0.05, 0) is 111 Å². The Balaban J connectivity index is 1.25. The molecule has 4 heteroatoms. The van der Waals surface area contributed by atoms with Crippen molar-refractivity contribution in [2.45, 2.75) is 117 Å². The van der Waals surface area contributed by atoms with Crippen LogP contribution in [0.2, 0.25) is 0 Å². The molecule has 0 heterocycles. The molecule has 0 amide bonds. The Morgan fingerprint density at radius 1 is 0.941 bits per heavy atom. The van der Waals surface area contributed by atoms with Gasteiger partial charge in [-0.15, -0.1) is 0 Å². The Kier molecular flexibility index (Phi) is 6.37. The maximum atomic E-state index is 13.4. The van der Waals surface area contributed by atoms with Crippen LogP contribution in [0.15, 0.2) is 0 Å². The van der Waals surface area contributed by atoms with Gasteiger partial charge < -0.3 is 9.47 Å². The number of hydrogen-bond acceptors (Lipinski definition) is 4. The van der Waals surface area contributed by atoms with Crippen molar-refractivity contribution in [1.29, 1.82) is 0 Å². The summed E-state index contributed by atoms with van der Waals surface area (Å²) in [5.74, 6) is 4.06. The van der Waals surface area contributed by atoms with Crippen molar-refractivity contribution < 1.29 is 19.1 Å². The Morgan fingerprint density at radius 2 is 1.59 bits per heavy atom. The fourth-order valence-electron chi connectivity index (χ4n) is 9.27. The third-order valence-electron chi connectivity index (χ3n) is 10.7. The molecule has 0 aromatic carbocycles. The molecule has 0 saturated heterocycles. The first-order chi connectivity index (χ1) is 16.0. The Hall–Kier alpha value is -1.06. The molecule has 0 radical (unpaired) electrons. The molecule has 9 atom stereocenters. The normalized spacial score (nSPS) is 40.6. The van der Waals surface area contributed by atoms with E-state index in [0.717, 1.165) is 44.4 Å². The van der Waals surface area contributed by atoms with Crippen molar-refractivity contribution in [3.05, 3.63) is 0 Å². The third-order valence-corrected chi connectivity index (χ3v) is 10.7. The van der Waals surface area contributed by atoms with Gasteiger partial charge in [0.1, 0.15) is 11.7 Å². The van der Waals surface area contributed by atoms with Crippen LogP contribution in [0.25, 0.3) is 0 Å². The van der Waals surface area contributed by atoms with E-state index in [1.807, 2.05) is 0 Å². The first kappa shape index (κ1) is 24.6. The van der Waals surface area contributed by atoms with Crippen molar-refractivity contribution in [1.82, 2.24) is 0 Å². The molecule has 9 unspecified atom stereocenters. The highest BCUT2D eigenvalue weighted by Crippen LogP contribution is 2.69. The van der Waals surface area contributed by atoms with Crippen molar-refractivity contribution in [3.63, 3.8) is 0 Å². The molecule has 0 spiro atoms. The highest BCUT2D eigenvalue weighted by molar-refractivity contribution is 5.74. The van der Waals surface area contributed by atoms with E-state index in [4.69, 9.17) is 9.47 Å². The van der Waals surface area contributed by atoms with Crippen molar-refractivity contribution in [2.24, 2.45) is 58.7 Å². The minimum atomic E-state index is -0.190. The van der Waals surface area contributed by atoms with Gasteiger partial charge in [-0.3, -0.25) is 9.59 Å². The van der Waals surface area contributed by atoms with Crippen molar-refractivity contribution in [3.8, 4) is 0 Å². The van der Waals surface area contributed by atoms with Crippen LogP contribution in [-0.4, -0.2) is 23.6 Å². The molecule has 34 heavy (non-hydrogen) atoms. The minimum absolute atomic E-state index is 0.0178. The summed E-state index contributed by atoms with van der Waals surface area (Å²) >= 11 is 0. The molecule has 0 aromatic heterocycles. The van der Waals surface area contributed by atoms with Crippen LogP contribution in [0, 0.1) is 58.7 Å². The van der Waals surface area contributed by atoms with Crippen molar-refractivity contribution >= 4 is 11.9 Å². The highest BCUT2D eigenvalue weighted by atomic mass is 16.6. The maximum Gasteiger partial charge on any atom is 0.309 e. The summed E-state index contributed by atoms with van der Waals surface area (Å²) in [5.41, 5.74) is -0.0783. The lowest BCUT2D eigenvalue weighted by atomic mass is 9.66. The molecular weight excluding hydrogens is 424 g/mol. The second-order valence-electron chi connectivity index (χ2n) is 14.3. The molecular formula is C30H48O4. The van der Waals surface area contributed by atoms with E-state index in [9.17, 15) is 9.59 Å². The topological polar surface area (TPSA) is 52.6 Å². The molecule has 0 aromatic rings. The fraction of sp³-hybridized carbons (Fsp3) is 0.933. The summed E-state index contributed by atoms with van der Waals surface area (Å²) in [4.78, 5) is 26.7. The number of hydrogen-bond donors (Lipinski definition) is 0. The fourth-order valence-corrected chi connectivity index (χ4v) is 9.27. The van der Waals surface area contributed by atoms with Gasteiger partial charge in [0.2, 0.25) is 0 Å². The van der Waals surface area contributed by atoms with Gasteiger partial charge >= 0.3 is 11.9 Å². The van der Waals surface area contributed by atoms with Gasteiger partial charge in [0.25, 0.3) is 0 Å². The molecule has 0 N–H and O–H groups in total. The minimum Gasteiger partial charge on any atom is -0.462 e. The van der Waals surface area contributed by atoms with E-state index < -0.39 is 0 Å². The second kappa shape index (κ2) is 8.80. The molecule has 4 bridgehead atoms. The lowest BCUT2D eigenvalue weighted by molar-refractivity contribution is -0.171. The van der Waals surface area contributed by atoms with Crippen LogP contribution in [0.4, 0.5) is 0 Å². The van der Waals surface area contributed by atoms with Gasteiger partial charge in [0, 0.05) is 0 Å². The predicted molar refractivity (Wildman–Crippen MR) is 133 cm³/mol. The summed E-state index contributed by atoms with van der Waals surface area (Å²) in [5, 5.41) is 0. The van der Waals surface area contributed by atoms with Crippen molar-refractivity contribution in [2.75, 3.05) is 0 Å². The maximum absolute atomic E-state index is 13.4. The summed E-state index contributed by atoms with van der Waals surface area (Å²) in [7, 11) is 0. The van der Waals surface area contributed by atoms with Gasteiger partial charge in [-0.1, -0.05) is 41.5 Å². The summed E-state index contributed by atoms with van der Waals surface area (Å²) < 4.78 is 12.6. The first-order valence-corrected chi connectivity index (χ1v) is 14.5. The second-order valence-corrected chi connectivity index (χ2v) is 14.3. The van der Waals surface area contributed by atoms with E-state index in [1.54, 1.807) is 0 Å². The van der Waals surface area contributed by atoms with Gasteiger partial charge in [0.15, 0.2) is 0 Å². The number of ether oxygens (including phenoxy) is 2. The summed E-state index contributed by atoms with van der Waals surface area (Å²) in [6.45, 7) is 13.1. The molecule has 5 aliphatic carbocycles. The zero-order valence-electron chi connectivity index (χ0n) is 22.5. The average Bonchev–Trinajstić information content (AvgIpc) is 3.56. The van der Waals surface area contributed by atoms with E-state index in [-0.39, 0.29) is 40.9 Å². The number of rotatable bonds is 7. The Morgan fingerprint density at radius 3 is 2.21 bits per heavy atom. The Bertz CT molecular complexity index is 788. The van der Waals surface area contributed by atoms with Crippen LogP contribution < -0.4 is 0 Å². The largest absolute Gasteiger partial charge is 0.462 e. The van der Waals surface area contributed by atoms with Gasteiger partial charge in [-0.2, -0.15) is 0 Å². The molecule has 5 aliphatic rings. The number of fused-ring (bicyclic) bond motifs is 9. The van der Waals surface area contributed by atoms with Gasteiger partial charge in [0.05, 0.1) is 11.8 Å². The highest BCUT2D eigenvalue weighted by Gasteiger charge is 2.67. The quantitative estimate of drug-likeness (QED) is 0.302. The zero-order chi connectivity index (χ0) is 24.4. The summed E-state index contributed by atoms with van der Waals surface area (Å²) in [6.07, 6.45) is 10.8. The summed E-state index contributed by atoms with van der Waals surface area (Å²) in [6, 6.07) is 0. The predicted octanol–water partition coefficient (Wildman–Crippen LogP) is 6.80. The molecule has 5 fully saturated rings. The third kappa shape index (κ3) is 4.23. The molecule has 5 saturated carbocycles. The monoisotopic (exact) mass is 472 g/mol. The molecule has 4 nitrogen and oxygen atoms in total. The first-order valence-electron chi connectivity index (χ1n) is 14.5. The smallest absolute Gasteiger partial charge is 0.309 e.